The Hall–Kier alpha value is -0.0800. The van der Waals surface area contributed by atoms with Crippen molar-refractivity contribution < 1.29 is 0 Å². The first kappa shape index (κ1) is 10.0. The zero-order valence-corrected chi connectivity index (χ0v) is 8.85. The Morgan fingerprint density at radius 1 is 1.42 bits per heavy atom. The molecular formula is C10H22N2. The molecule has 1 saturated heterocycles. The highest BCUT2D eigenvalue weighted by atomic mass is 15.2. The van der Waals surface area contributed by atoms with Crippen LogP contribution in [0.5, 0.6) is 0 Å². The summed E-state index contributed by atoms with van der Waals surface area (Å²) in [6.45, 7) is 9.19. The van der Waals surface area contributed by atoms with Crippen molar-refractivity contribution in [2.45, 2.75) is 45.2 Å². The summed E-state index contributed by atoms with van der Waals surface area (Å²) in [5, 5.41) is 3.52. The molecule has 1 rings (SSSR count). The van der Waals surface area contributed by atoms with Crippen molar-refractivity contribution in [3.63, 3.8) is 0 Å². The molecule has 0 aromatic rings. The van der Waals surface area contributed by atoms with Gasteiger partial charge in [-0.05, 0) is 47.2 Å². The van der Waals surface area contributed by atoms with Gasteiger partial charge in [-0.25, -0.2) is 0 Å². The molecule has 1 heterocycles. The molecule has 0 saturated carbocycles. The molecule has 1 atom stereocenters. The molecule has 2 nitrogen and oxygen atoms in total. The first-order valence-electron chi connectivity index (χ1n) is 4.95. The fourth-order valence-corrected chi connectivity index (χ4v) is 1.52. The molecule has 1 unspecified atom stereocenters. The summed E-state index contributed by atoms with van der Waals surface area (Å²) in [6, 6.07) is 0.731. The molecule has 1 N–H and O–H groups in total. The van der Waals surface area contributed by atoms with Gasteiger partial charge in [0.25, 0.3) is 0 Å². The van der Waals surface area contributed by atoms with Crippen molar-refractivity contribution in [3.8, 4) is 0 Å². The summed E-state index contributed by atoms with van der Waals surface area (Å²) in [6.07, 6.45) is 2.70. The maximum Gasteiger partial charge on any atom is 0.0195 e. The summed E-state index contributed by atoms with van der Waals surface area (Å²) in [5.41, 5.74) is 0.310. The second-order valence-corrected chi connectivity index (χ2v) is 4.84. The molecule has 0 aliphatic carbocycles. The van der Waals surface area contributed by atoms with Gasteiger partial charge in [0.1, 0.15) is 0 Å². The van der Waals surface area contributed by atoms with Crippen molar-refractivity contribution in [2.24, 2.45) is 0 Å². The molecule has 0 aromatic heterocycles. The number of rotatable bonds is 2. The van der Waals surface area contributed by atoms with E-state index in [2.05, 4.69) is 38.0 Å². The third kappa shape index (κ3) is 2.76. The average molecular weight is 170 g/mol. The van der Waals surface area contributed by atoms with Gasteiger partial charge in [0, 0.05) is 18.1 Å². The van der Waals surface area contributed by atoms with E-state index in [0.29, 0.717) is 5.54 Å². The van der Waals surface area contributed by atoms with Crippen molar-refractivity contribution in [1.29, 1.82) is 0 Å². The molecule has 12 heavy (non-hydrogen) atoms. The largest absolute Gasteiger partial charge is 0.313 e. The highest BCUT2D eigenvalue weighted by Gasteiger charge is 2.22. The van der Waals surface area contributed by atoms with Crippen LogP contribution in [0.3, 0.4) is 0 Å². The third-order valence-corrected chi connectivity index (χ3v) is 2.80. The van der Waals surface area contributed by atoms with Crippen LogP contribution in [0, 0.1) is 0 Å². The number of likely N-dealkylation sites (N-methyl/N-ethyl adjacent to an activating group) is 1. The molecule has 0 spiro atoms. The van der Waals surface area contributed by atoms with Crippen molar-refractivity contribution in [3.05, 3.63) is 0 Å². The van der Waals surface area contributed by atoms with E-state index in [1.807, 2.05) is 0 Å². The second-order valence-electron chi connectivity index (χ2n) is 4.84. The summed E-state index contributed by atoms with van der Waals surface area (Å²) in [7, 11) is 2.21. The van der Waals surface area contributed by atoms with Gasteiger partial charge in [0.2, 0.25) is 0 Å². The lowest BCUT2D eigenvalue weighted by Gasteiger charge is -2.33. The summed E-state index contributed by atoms with van der Waals surface area (Å²) in [5.74, 6) is 0. The summed E-state index contributed by atoms with van der Waals surface area (Å²) in [4.78, 5) is 2.43. The highest BCUT2D eigenvalue weighted by Crippen LogP contribution is 2.13. The van der Waals surface area contributed by atoms with Crippen LogP contribution >= 0.6 is 0 Å². The van der Waals surface area contributed by atoms with Crippen LogP contribution in [0.25, 0.3) is 0 Å². The zero-order chi connectivity index (χ0) is 9.19. The van der Waals surface area contributed by atoms with Crippen LogP contribution in [-0.4, -0.2) is 36.6 Å². The Morgan fingerprint density at radius 2 is 2.08 bits per heavy atom. The number of nitrogens with zero attached hydrogens (tertiary/aromatic N) is 1. The fraction of sp³-hybridized carbons (Fsp3) is 1.00. The van der Waals surface area contributed by atoms with Gasteiger partial charge in [0.05, 0.1) is 0 Å². The first-order valence-corrected chi connectivity index (χ1v) is 4.95. The molecule has 0 radical (unpaired) electrons. The number of nitrogens with one attached hydrogen (secondary N) is 1. The number of hydrogen-bond donors (Lipinski definition) is 1. The minimum Gasteiger partial charge on any atom is -0.313 e. The van der Waals surface area contributed by atoms with Crippen molar-refractivity contribution >= 4 is 0 Å². The smallest absolute Gasteiger partial charge is 0.0195 e. The van der Waals surface area contributed by atoms with E-state index >= 15 is 0 Å². The first-order chi connectivity index (χ1) is 5.50. The minimum atomic E-state index is 0.310. The van der Waals surface area contributed by atoms with Crippen LogP contribution in [-0.2, 0) is 0 Å². The van der Waals surface area contributed by atoms with Crippen molar-refractivity contribution in [2.75, 3.05) is 20.1 Å². The van der Waals surface area contributed by atoms with E-state index in [0.717, 1.165) is 6.04 Å². The lowest BCUT2D eigenvalue weighted by Crippen LogP contribution is -2.45. The summed E-state index contributed by atoms with van der Waals surface area (Å²) >= 11 is 0. The van der Waals surface area contributed by atoms with Gasteiger partial charge in [-0.3, -0.25) is 4.90 Å². The molecular weight excluding hydrogens is 148 g/mol. The van der Waals surface area contributed by atoms with E-state index < -0.39 is 0 Å². The van der Waals surface area contributed by atoms with Gasteiger partial charge >= 0.3 is 0 Å². The van der Waals surface area contributed by atoms with Crippen LogP contribution in [0.15, 0.2) is 0 Å². The predicted molar refractivity (Wildman–Crippen MR) is 53.4 cm³/mol. The van der Waals surface area contributed by atoms with E-state index in [1.165, 1.54) is 25.9 Å². The van der Waals surface area contributed by atoms with Crippen LogP contribution in [0.2, 0.25) is 0 Å². The van der Waals surface area contributed by atoms with E-state index in [9.17, 15) is 0 Å². The monoisotopic (exact) mass is 170 g/mol. The molecule has 1 aliphatic heterocycles. The Morgan fingerprint density at radius 3 is 2.50 bits per heavy atom. The minimum absolute atomic E-state index is 0.310. The van der Waals surface area contributed by atoms with Crippen LogP contribution < -0.4 is 5.32 Å². The average Bonchev–Trinajstić information content (AvgIpc) is 2.37. The Balaban J connectivity index is 2.30. The zero-order valence-electron chi connectivity index (χ0n) is 8.85. The van der Waals surface area contributed by atoms with Crippen LogP contribution in [0.1, 0.15) is 33.6 Å². The highest BCUT2D eigenvalue weighted by molar-refractivity contribution is 4.81. The maximum atomic E-state index is 3.52. The third-order valence-electron chi connectivity index (χ3n) is 2.80. The Bertz CT molecular complexity index is 131. The molecule has 72 valence electrons. The van der Waals surface area contributed by atoms with Crippen molar-refractivity contribution in [1.82, 2.24) is 10.2 Å². The summed E-state index contributed by atoms with van der Waals surface area (Å²) < 4.78 is 0. The normalized spacial score (nSPS) is 25.2. The molecule has 0 bridgehead atoms. The lowest BCUT2D eigenvalue weighted by atomic mass is 10.1. The van der Waals surface area contributed by atoms with E-state index in [1.54, 1.807) is 0 Å². The van der Waals surface area contributed by atoms with E-state index in [4.69, 9.17) is 0 Å². The molecule has 1 fully saturated rings. The molecule has 1 aliphatic rings. The Kier molecular flexibility index (Phi) is 3.13. The molecule has 0 aromatic carbocycles. The van der Waals surface area contributed by atoms with E-state index in [-0.39, 0.29) is 0 Å². The molecule has 0 amide bonds. The van der Waals surface area contributed by atoms with Gasteiger partial charge in [-0.15, -0.1) is 0 Å². The number of hydrogen-bond acceptors (Lipinski definition) is 2. The second kappa shape index (κ2) is 3.75. The maximum absolute atomic E-state index is 3.52. The predicted octanol–water partition coefficient (Wildman–Crippen LogP) is 1.47. The van der Waals surface area contributed by atoms with Gasteiger partial charge in [-0.1, -0.05) is 0 Å². The Labute approximate surface area is 76.3 Å². The van der Waals surface area contributed by atoms with Gasteiger partial charge in [-0.2, -0.15) is 0 Å². The lowest BCUT2D eigenvalue weighted by molar-refractivity contribution is 0.161. The molecule has 2 heteroatoms. The van der Waals surface area contributed by atoms with Gasteiger partial charge in [0.15, 0.2) is 0 Å². The standard InChI is InChI=1S/C10H22N2/c1-10(2,3)12(4)8-9-6-5-7-11-9/h9,11H,5-8H2,1-4H3. The van der Waals surface area contributed by atoms with Crippen LogP contribution in [0.4, 0.5) is 0 Å². The SMILES string of the molecule is CN(CC1CCCN1)C(C)(C)C. The quantitative estimate of drug-likeness (QED) is 0.675. The fourth-order valence-electron chi connectivity index (χ4n) is 1.52. The van der Waals surface area contributed by atoms with Gasteiger partial charge < -0.3 is 5.32 Å². The topological polar surface area (TPSA) is 15.3 Å².